The first kappa shape index (κ1) is 14.7. The fourth-order valence-corrected chi connectivity index (χ4v) is 2.76. The SMILES string of the molecule is CN(c1ccc(C#N)c(C(F)(F)F)c1)C1CCCCC1. The Morgan fingerprint density at radius 1 is 1.20 bits per heavy atom. The molecule has 0 radical (unpaired) electrons. The van der Waals surface area contributed by atoms with Crippen molar-refractivity contribution in [2.24, 2.45) is 0 Å². The van der Waals surface area contributed by atoms with E-state index in [0.29, 0.717) is 5.69 Å². The molecule has 0 saturated heterocycles. The molecule has 2 rings (SSSR count). The number of nitriles is 1. The summed E-state index contributed by atoms with van der Waals surface area (Å²) in [5.41, 5.74) is -0.637. The molecule has 0 unspecified atom stereocenters. The number of hydrogen-bond donors (Lipinski definition) is 0. The first-order valence-corrected chi connectivity index (χ1v) is 6.77. The van der Waals surface area contributed by atoms with Gasteiger partial charge in [-0.05, 0) is 31.0 Å². The van der Waals surface area contributed by atoms with Crippen LogP contribution in [-0.2, 0) is 6.18 Å². The van der Waals surface area contributed by atoms with Crippen LogP contribution in [0.1, 0.15) is 43.2 Å². The third-order valence-electron chi connectivity index (χ3n) is 3.96. The van der Waals surface area contributed by atoms with E-state index in [4.69, 9.17) is 5.26 Å². The van der Waals surface area contributed by atoms with Crippen LogP contribution in [0.15, 0.2) is 18.2 Å². The van der Waals surface area contributed by atoms with E-state index >= 15 is 0 Å². The van der Waals surface area contributed by atoms with Crippen molar-refractivity contribution in [2.45, 2.75) is 44.3 Å². The zero-order chi connectivity index (χ0) is 14.8. The lowest BCUT2D eigenvalue weighted by molar-refractivity contribution is -0.137. The van der Waals surface area contributed by atoms with Crippen LogP contribution in [-0.4, -0.2) is 13.1 Å². The number of halogens is 3. The number of hydrogen-bond acceptors (Lipinski definition) is 2. The van der Waals surface area contributed by atoms with Gasteiger partial charge in [0, 0.05) is 18.8 Å². The Morgan fingerprint density at radius 2 is 1.85 bits per heavy atom. The predicted octanol–water partition coefficient (Wildman–Crippen LogP) is 4.35. The highest BCUT2D eigenvalue weighted by Crippen LogP contribution is 2.35. The summed E-state index contributed by atoms with van der Waals surface area (Å²) < 4.78 is 38.9. The van der Waals surface area contributed by atoms with Crippen molar-refractivity contribution in [3.05, 3.63) is 29.3 Å². The van der Waals surface area contributed by atoms with E-state index in [2.05, 4.69) is 0 Å². The highest BCUT2D eigenvalue weighted by atomic mass is 19.4. The number of nitrogens with zero attached hydrogens (tertiary/aromatic N) is 2. The van der Waals surface area contributed by atoms with Crippen LogP contribution in [0.25, 0.3) is 0 Å². The molecule has 0 aliphatic heterocycles. The molecule has 20 heavy (non-hydrogen) atoms. The standard InChI is InChI=1S/C15H17F3N2/c1-20(12-5-3-2-4-6-12)13-8-7-11(10-19)14(9-13)15(16,17)18/h7-9,12H,2-6H2,1H3. The van der Waals surface area contributed by atoms with Crippen molar-refractivity contribution in [3.63, 3.8) is 0 Å². The van der Waals surface area contributed by atoms with E-state index in [-0.39, 0.29) is 11.6 Å². The van der Waals surface area contributed by atoms with Gasteiger partial charge in [0.05, 0.1) is 17.2 Å². The summed E-state index contributed by atoms with van der Waals surface area (Å²) in [5, 5.41) is 8.80. The summed E-state index contributed by atoms with van der Waals surface area (Å²) in [6, 6.07) is 5.85. The first-order chi connectivity index (χ1) is 9.43. The van der Waals surface area contributed by atoms with Gasteiger partial charge in [0.2, 0.25) is 0 Å². The summed E-state index contributed by atoms with van der Waals surface area (Å²) >= 11 is 0. The van der Waals surface area contributed by atoms with Crippen LogP contribution in [0, 0.1) is 11.3 Å². The Hall–Kier alpha value is -1.70. The van der Waals surface area contributed by atoms with Gasteiger partial charge in [-0.2, -0.15) is 18.4 Å². The van der Waals surface area contributed by atoms with Gasteiger partial charge in [-0.25, -0.2) is 0 Å². The van der Waals surface area contributed by atoms with Crippen LogP contribution in [0.3, 0.4) is 0 Å². The molecule has 0 spiro atoms. The topological polar surface area (TPSA) is 27.0 Å². The quantitative estimate of drug-likeness (QED) is 0.806. The van der Waals surface area contributed by atoms with Gasteiger partial charge >= 0.3 is 6.18 Å². The fraction of sp³-hybridized carbons (Fsp3) is 0.533. The van der Waals surface area contributed by atoms with Gasteiger partial charge in [0.25, 0.3) is 0 Å². The van der Waals surface area contributed by atoms with E-state index in [0.717, 1.165) is 31.7 Å². The van der Waals surface area contributed by atoms with E-state index in [1.165, 1.54) is 12.5 Å². The van der Waals surface area contributed by atoms with Crippen LogP contribution in [0.4, 0.5) is 18.9 Å². The minimum atomic E-state index is -4.49. The molecular formula is C15H17F3N2. The molecule has 1 aliphatic rings. The molecule has 1 fully saturated rings. The number of anilines is 1. The first-order valence-electron chi connectivity index (χ1n) is 6.77. The van der Waals surface area contributed by atoms with E-state index in [1.807, 2.05) is 11.9 Å². The lowest BCUT2D eigenvalue weighted by Crippen LogP contribution is -2.33. The molecule has 0 aromatic heterocycles. The Kier molecular flexibility index (Phi) is 4.22. The maximum atomic E-state index is 13.0. The van der Waals surface area contributed by atoms with Crippen LogP contribution >= 0.6 is 0 Å². The minimum Gasteiger partial charge on any atom is -0.372 e. The van der Waals surface area contributed by atoms with Gasteiger partial charge in [-0.3, -0.25) is 0 Å². The van der Waals surface area contributed by atoms with Gasteiger partial charge in [-0.1, -0.05) is 19.3 Å². The lowest BCUT2D eigenvalue weighted by Gasteiger charge is -2.33. The second-order valence-corrected chi connectivity index (χ2v) is 5.24. The maximum absolute atomic E-state index is 13.0. The Balaban J connectivity index is 2.31. The molecule has 0 bridgehead atoms. The minimum absolute atomic E-state index is 0.290. The molecule has 1 aliphatic carbocycles. The highest BCUT2D eigenvalue weighted by molar-refractivity contribution is 5.55. The number of benzene rings is 1. The molecule has 0 atom stereocenters. The fourth-order valence-electron chi connectivity index (χ4n) is 2.76. The molecule has 0 amide bonds. The maximum Gasteiger partial charge on any atom is 0.417 e. The molecule has 0 heterocycles. The zero-order valence-corrected chi connectivity index (χ0v) is 11.4. The molecule has 108 valence electrons. The average molecular weight is 282 g/mol. The molecule has 1 aromatic carbocycles. The van der Waals surface area contributed by atoms with Crippen molar-refractivity contribution in [3.8, 4) is 6.07 Å². The summed E-state index contributed by atoms with van der Waals surface area (Å²) in [6.07, 6.45) is 0.977. The third-order valence-corrected chi connectivity index (χ3v) is 3.96. The van der Waals surface area contributed by atoms with Crippen molar-refractivity contribution >= 4 is 5.69 Å². The average Bonchev–Trinajstić information content (AvgIpc) is 2.46. The second-order valence-electron chi connectivity index (χ2n) is 5.24. The monoisotopic (exact) mass is 282 g/mol. The smallest absolute Gasteiger partial charge is 0.372 e. The van der Waals surface area contributed by atoms with Crippen molar-refractivity contribution in [1.82, 2.24) is 0 Å². The normalized spacial score (nSPS) is 16.8. The number of alkyl halides is 3. The highest BCUT2D eigenvalue weighted by Gasteiger charge is 2.34. The zero-order valence-electron chi connectivity index (χ0n) is 11.4. The summed E-state index contributed by atoms with van der Waals surface area (Å²) in [7, 11) is 1.83. The number of rotatable bonds is 2. The molecule has 1 saturated carbocycles. The van der Waals surface area contributed by atoms with Gasteiger partial charge < -0.3 is 4.90 Å². The van der Waals surface area contributed by atoms with Crippen molar-refractivity contribution < 1.29 is 13.2 Å². The molecule has 0 N–H and O–H groups in total. The van der Waals surface area contributed by atoms with Crippen molar-refractivity contribution in [2.75, 3.05) is 11.9 Å². The summed E-state index contributed by atoms with van der Waals surface area (Å²) in [5.74, 6) is 0. The summed E-state index contributed by atoms with van der Waals surface area (Å²) in [6.45, 7) is 0. The van der Waals surface area contributed by atoms with Gasteiger partial charge in [0.15, 0.2) is 0 Å². The molecule has 2 nitrogen and oxygen atoms in total. The Bertz CT molecular complexity index is 511. The summed E-state index contributed by atoms with van der Waals surface area (Å²) in [4.78, 5) is 1.91. The van der Waals surface area contributed by atoms with Crippen molar-refractivity contribution in [1.29, 1.82) is 5.26 Å². The third kappa shape index (κ3) is 3.06. The molecule has 5 heteroatoms. The van der Waals surface area contributed by atoms with Gasteiger partial charge in [0.1, 0.15) is 0 Å². The molecular weight excluding hydrogens is 265 g/mol. The second kappa shape index (κ2) is 5.74. The van der Waals surface area contributed by atoms with Crippen LogP contribution in [0.2, 0.25) is 0 Å². The van der Waals surface area contributed by atoms with Crippen LogP contribution < -0.4 is 4.90 Å². The Morgan fingerprint density at radius 3 is 2.40 bits per heavy atom. The molecule has 1 aromatic rings. The van der Waals surface area contributed by atoms with E-state index in [1.54, 1.807) is 12.1 Å². The predicted molar refractivity (Wildman–Crippen MR) is 71.4 cm³/mol. The van der Waals surface area contributed by atoms with E-state index in [9.17, 15) is 13.2 Å². The van der Waals surface area contributed by atoms with Crippen LogP contribution in [0.5, 0.6) is 0 Å². The van der Waals surface area contributed by atoms with Gasteiger partial charge in [-0.15, -0.1) is 0 Å². The van der Waals surface area contributed by atoms with E-state index < -0.39 is 11.7 Å². The lowest BCUT2D eigenvalue weighted by atomic mass is 9.94. The Labute approximate surface area is 116 Å². The largest absolute Gasteiger partial charge is 0.417 e.